The van der Waals surface area contributed by atoms with Crippen LogP contribution in [0.4, 0.5) is 5.69 Å². The van der Waals surface area contributed by atoms with Gasteiger partial charge in [0.2, 0.25) is 5.91 Å². The van der Waals surface area contributed by atoms with Gasteiger partial charge in [0.15, 0.2) is 0 Å². The first kappa shape index (κ1) is 21.8. The third kappa shape index (κ3) is 4.90. The van der Waals surface area contributed by atoms with Gasteiger partial charge in [-0.15, -0.1) is 0 Å². The molecule has 0 atom stereocenters. The van der Waals surface area contributed by atoms with Crippen LogP contribution >= 0.6 is 24.0 Å². The van der Waals surface area contributed by atoms with E-state index < -0.39 is 5.63 Å². The Morgan fingerprint density at radius 1 is 1.16 bits per heavy atom. The van der Waals surface area contributed by atoms with Crippen LogP contribution in [0.5, 0.6) is 5.75 Å². The summed E-state index contributed by atoms with van der Waals surface area (Å²) in [5, 5.41) is 3.49. The molecule has 2 heterocycles. The highest BCUT2D eigenvalue weighted by atomic mass is 32.2. The van der Waals surface area contributed by atoms with E-state index in [1.54, 1.807) is 37.5 Å². The second kappa shape index (κ2) is 9.37. The van der Waals surface area contributed by atoms with Crippen molar-refractivity contribution in [2.45, 2.75) is 6.42 Å². The van der Waals surface area contributed by atoms with Crippen molar-refractivity contribution < 1.29 is 18.7 Å². The molecule has 1 aliphatic rings. The maximum absolute atomic E-state index is 12.7. The molecule has 9 heteroatoms. The van der Waals surface area contributed by atoms with Crippen LogP contribution in [-0.4, -0.2) is 34.7 Å². The molecule has 0 spiro atoms. The summed E-state index contributed by atoms with van der Waals surface area (Å²) < 4.78 is 10.6. The number of fused-ring (bicyclic) bond motifs is 1. The Labute approximate surface area is 193 Å². The lowest BCUT2D eigenvalue weighted by molar-refractivity contribution is -0.122. The highest BCUT2D eigenvalue weighted by Crippen LogP contribution is 2.33. The van der Waals surface area contributed by atoms with Gasteiger partial charge in [-0.3, -0.25) is 14.5 Å². The first-order valence-electron chi connectivity index (χ1n) is 9.66. The van der Waals surface area contributed by atoms with Crippen molar-refractivity contribution in [3.05, 3.63) is 75.5 Å². The number of amides is 2. The molecule has 3 aromatic rings. The molecular weight excluding hydrogens is 448 g/mol. The van der Waals surface area contributed by atoms with Gasteiger partial charge in [0, 0.05) is 30.1 Å². The van der Waals surface area contributed by atoms with Crippen molar-refractivity contribution in [1.29, 1.82) is 0 Å². The molecule has 0 saturated carbocycles. The highest BCUT2D eigenvalue weighted by Gasteiger charge is 2.32. The molecule has 1 fully saturated rings. The smallest absolute Gasteiger partial charge is 0.336 e. The molecule has 32 heavy (non-hydrogen) atoms. The zero-order valence-corrected chi connectivity index (χ0v) is 18.6. The predicted molar refractivity (Wildman–Crippen MR) is 129 cm³/mol. The number of thiocarbonyl (C=S) groups is 1. The largest absolute Gasteiger partial charge is 0.497 e. The molecule has 2 amide bonds. The fraction of sp³-hybridized carbons (Fsp3) is 0.130. The van der Waals surface area contributed by atoms with Crippen molar-refractivity contribution in [3.63, 3.8) is 0 Å². The Hall–Kier alpha value is -3.43. The van der Waals surface area contributed by atoms with Gasteiger partial charge in [0.25, 0.3) is 5.91 Å². The number of ether oxygens (including phenoxy) is 1. The molecule has 0 radical (unpaired) electrons. The Morgan fingerprint density at radius 3 is 2.69 bits per heavy atom. The molecule has 1 aromatic heterocycles. The molecule has 1 N–H and O–H groups in total. The number of carbonyl (C=O) groups excluding carboxylic acids is 2. The van der Waals surface area contributed by atoms with E-state index in [4.69, 9.17) is 21.4 Å². The molecule has 0 unspecified atom stereocenters. The van der Waals surface area contributed by atoms with Gasteiger partial charge in [0.05, 0.1) is 12.0 Å². The first-order chi connectivity index (χ1) is 15.4. The molecule has 0 aliphatic carbocycles. The van der Waals surface area contributed by atoms with Gasteiger partial charge in [-0.2, -0.15) is 0 Å². The second-order valence-electron chi connectivity index (χ2n) is 6.91. The summed E-state index contributed by atoms with van der Waals surface area (Å²) >= 11 is 6.55. The molecule has 162 valence electrons. The monoisotopic (exact) mass is 466 g/mol. The fourth-order valence-corrected chi connectivity index (χ4v) is 4.44. The summed E-state index contributed by atoms with van der Waals surface area (Å²) in [6, 6.07) is 15.3. The number of rotatable bonds is 6. The number of nitrogens with zero attached hydrogens (tertiary/aromatic N) is 1. The number of benzene rings is 2. The van der Waals surface area contributed by atoms with Crippen molar-refractivity contribution in [3.8, 4) is 5.75 Å². The van der Waals surface area contributed by atoms with Gasteiger partial charge in [-0.05, 0) is 48.0 Å². The minimum atomic E-state index is -0.432. The lowest BCUT2D eigenvalue weighted by Crippen LogP contribution is -2.31. The molecule has 4 rings (SSSR count). The topological polar surface area (TPSA) is 88.8 Å². The third-order valence-electron chi connectivity index (χ3n) is 4.75. The van der Waals surface area contributed by atoms with E-state index in [9.17, 15) is 14.4 Å². The second-order valence-corrected chi connectivity index (χ2v) is 8.59. The van der Waals surface area contributed by atoms with Gasteiger partial charge >= 0.3 is 5.63 Å². The number of hydrogen-bond donors (Lipinski definition) is 1. The summed E-state index contributed by atoms with van der Waals surface area (Å²) in [6.45, 7) is 0.179. The standard InChI is InChI=1S/C23H18N2O5S2/c1-29-17-6-2-14(3-7-17)12-19-22(28)25(23(31)32-19)11-10-20(26)24-16-5-8-18-15(13-16)4-9-21(27)30-18/h2-9,12-13H,10-11H2,1H3,(H,24,26)/b19-12-. The average molecular weight is 467 g/mol. The maximum Gasteiger partial charge on any atom is 0.336 e. The van der Waals surface area contributed by atoms with E-state index in [2.05, 4.69) is 5.32 Å². The Morgan fingerprint density at radius 2 is 1.94 bits per heavy atom. The van der Waals surface area contributed by atoms with E-state index in [-0.39, 0.29) is 24.8 Å². The molecule has 7 nitrogen and oxygen atoms in total. The van der Waals surface area contributed by atoms with Gasteiger partial charge in [0.1, 0.15) is 15.7 Å². The van der Waals surface area contributed by atoms with Crippen LogP contribution in [-0.2, 0) is 9.59 Å². The van der Waals surface area contributed by atoms with Crippen LogP contribution in [0.2, 0.25) is 0 Å². The average Bonchev–Trinajstić information content (AvgIpc) is 3.05. The molecule has 1 aliphatic heterocycles. The minimum absolute atomic E-state index is 0.0875. The highest BCUT2D eigenvalue weighted by molar-refractivity contribution is 8.26. The number of nitrogens with one attached hydrogen (secondary N) is 1. The van der Waals surface area contributed by atoms with Crippen molar-refractivity contribution in [2.24, 2.45) is 0 Å². The van der Waals surface area contributed by atoms with Crippen LogP contribution in [0.25, 0.3) is 17.0 Å². The van der Waals surface area contributed by atoms with Crippen LogP contribution < -0.4 is 15.7 Å². The van der Waals surface area contributed by atoms with E-state index in [0.717, 1.165) is 11.3 Å². The predicted octanol–water partition coefficient (Wildman–Crippen LogP) is 4.03. The van der Waals surface area contributed by atoms with E-state index >= 15 is 0 Å². The summed E-state index contributed by atoms with van der Waals surface area (Å²) in [6.07, 6.45) is 1.86. The van der Waals surface area contributed by atoms with Gasteiger partial charge in [-0.25, -0.2) is 4.79 Å². The number of hydrogen-bond acceptors (Lipinski definition) is 7. The summed E-state index contributed by atoms with van der Waals surface area (Å²) in [7, 11) is 1.59. The number of methoxy groups -OCH3 is 1. The van der Waals surface area contributed by atoms with E-state index in [1.807, 2.05) is 24.3 Å². The Kier molecular flexibility index (Phi) is 6.38. The lowest BCUT2D eigenvalue weighted by atomic mass is 10.2. The van der Waals surface area contributed by atoms with Gasteiger partial charge < -0.3 is 14.5 Å². The number of carbonyl (C=O) groups is 2. The third-order valence-corrected chi connectivity index (χ3v) is 6.13. The quantitative estimate of drug-likeness (QED) is 0.333. The summed E-state index contributed by atoms with van der Waals surface area (Å²) in [4.78, 5) is 38.4. The first-order valence-corrected chi connectivity index (χ1v) is 10.9. The molecule has 1 saturated heterocycles. The molecule has 0 bridgehead atoms. The van der Waals surface area contributed by atoms with Crippen molar-refractivity contribution >= 4 is 62.8 Å². The Bertz CT molecular complexity index is 1300. The molecule has 2 aromatic carbocycles. The number of thioether (sulfide) groups is 1. The van der Waals surface area contributed by atoms with Crippen LogP contribution in [0.15, 0.2) is 68.7 Å². The van der Waals surface area contributed by atoms with Gasteiger partial charge in [-0.1, -0.05) is 36.1 Å². The van der Waals surface area contributed by atoms with Crippen molar-refractivity contribution in [1.82, 2.24) is 4.90 Å². The van der Waals surface area contributed by atoms with Crippen LogP contribution in [0.3, 0.4) is 0 Å². The zero-order chi connectivity index (χ0) is 22.7. The summed E-state index contributed by atoms with van der Waals surface area (Å²) in [5.74, 6) is 0.260. The zero-order valence-electron chi connectivity index (χ0n) is 17.0. The SMILES string of the molecule is COc1ccc(/C=C2\SC(=S)N(CCC(=O)Nc3ccc4oc(=O)ccc4c3)C2=O)cc1. The maximum atomic E-state index is 12.7. The Balaban J connectivity index is 1.37. The lowest BCUT2D eigenvalue weighted by Gasteiger charge is -2.14. The number of anilines is 1. The molecular formula is C23H18N2O5S2. The minimum Gasteiger partial charge on any atom is -0.497 e. The van der Waals surface area contributed by atoms with E-state index in [0.29, 0.717) is 25.9 Å². The van der Waals surface area contributed by atoms with Crippen molar-refractivity contribution in [2.75, 3.05) is 19.0 Å². The van der Waals surface area contributed by atoms with Crippen LogP contribution in [0.1, 0.15) is 12.0 Å². The summed E-state index contributed by atoms with van der Waals surface area (Å²) in [5.41, 5.74) is 1.44. The van der Waals surface area contributed by atoms with Crippen LogP contribution in [0, 0.1) is 0 Å². The van der Waals surface area contributed by atoms with E-state index in [1.165, 1.54) is 22.7 Å². The fourth-order valence-electron chi connectivity index (χ4n) is 3.13. The normalized spacial score (nSPS) is 14.9.